The molecule has 3 aromatic heterocycles. The van der Waals surface area contributed by atoms with Crippen LogP contribution in [0.15, 0.2) is 71.3 Å². The van der Waals surface area contributed by atoms with E-state index in [-0.39, 0.29) is 23.1 Å². The number of fused-ring (bicyclic) bond motifs is 1. The highest BCUT2D eigenvalue weighted by Gasteiger charge is 2.22. The van der Waals surface area contributed by atoms with Crippen molar-refractivity contribution in [3.8, 4) is 11.3 Å². The lowest BCUT2D eigenvalue weighted by Gasteiger charge is -2.09. The zero-order chi connectivity index (χ0) is 26.1. The number of nitrogens with one attached hydrogen (secondary N) is 1. The van der Waals surface area contributed by atoms with Gasteiger partial charge in [0.15, 0.2) is 11.5 Å². The van der Waals surface area contributed by atoms with Crippen molar-refractivity contribution in [1.82, 2.24) is 24.5 Å². The number of alkyl halides is 2. The number of nitrogens with zero attached hydrogens (tertiary/aromatic N) is 5. The third-order valence-electron chi connectivity index (χ3n) is 5.91. The Morgan fingerprint density at radius 3 is 2.57 bits per heavy atom. The molecule has 0 aliphatic carbocycles. The third kappa shape index (κ3) is 5.29. The lowest BCUT2D eigenvalue weighted by Crippen LogP contribution is -2.20. The van der Waals surface area contributed by atoms with Crippen molar-refractivity contribution >= 4 is 38.7 Å². The van der Waals surface area contributed by atoms with E-state index in [0.29, 0.717) is 33.8 Å². The number of aromatic nitrogens is 5. The summed E-state index contributed by atoms with van der Waals surface area (Å²) < 4.78 is 31.7. The van der Waals surface area contributed by atoms with Gasteiger partial charge in [-0.15, -0.1) is 0 Å². The lowest BCUT2D eigenvalue weighted by atomic mass is 10.1. The van der Waals surface area contributed by atoms with Crippen LogP contribution in [0.25, 0.3) is 22.3 Å². The second-order valence-electron chi connectivity index (χ2n) is 8.77. The van der Waals surface area contributed by atoms with Gasteiger partial charge in [0.05, 0.1) is 27.8 Å². The Balaban J connectivity index is 1.41. The van der Waals surface area contributed by atoms with Gasteiger partial charge in [0.1, 0.15) is 6.54 Å². The van der Waals surface area contributed by atoms with Crippen molar-refractivity contribution in [3.63, 3.8) is 0 Å². The van der Waals surface area contributed by atoms with Crippen molar-refractivity contribution in [2.75, 3.05) is 5.32 Å². The number of carbonyl (C=O) groups is 1. The summed E-state index contributed by atoms with van der Waals surface area (Å²) in [5, 5.41) is 11.9. The minimum atomic E-state index is -2.72. The fraction of sp³-hybridized carbons (Fsp3) is 0.185. The number of anilines is 1. The molecule has 2 aromatic carbocycles. The molecule has 0 bridgehead atoms. The van der Waals surface area contributed by atoms with Crippen LogP contribution in [0, 0.1) is 13.8 Å². The standard InChI is InChI=1S/C27H23BrF2N6O/c1-16-7-6-8-18(11-16)13-35-14-21(28)26(34-35)32-23(37)15-36-27-24(17(2)33-36)20(25(29)30)12-22(31-27)19-9-4-3-5-10-19/h3-12,14,25H,13,15H2,1-2H3,(H,32,34,37). The number of halogens is 3. The first-order valence-corrected chi connectivity index (χ1v) is 12.4. The highest BCUT2D eigenvalue weighted by atomic mass is 79.9. The van der Waals surface area contributed by atoms with E-state index >= 15 is 0 Å². The number of carbonyl (C=O) groups excluding carboxylic acids is 1. The Morgan fingerprint density at radius 1 is 1.05 bits per heavy atom. The Kier molecular flexibility index (Phi) is 6.84. The largest absolute Gasteiger partial charge is 0.307 e. The molecule has 0 saturated carbocycles. The van der Waals surface area contributed by atoms with E-state index < -0.39 is 12.3 Å². The van der Waals surface area contributed by atoms with Gasteiger partial charge >= 0.3 is 0 Å². The summed E-state index contributed by atoms with van der Waals surface area (Å²) in [6.07, 6.45) is -0.931. The van der Waals surface area contributed by atoms with Crippen molar-refractivity contribution in [2.24, 2.45) is 0 Å². The summed E-state index contributed by atoms with van der Waals surface area (Å²) in [6.45, 7) is 3.99. The molecular formula is C27H23BrF2N6O. The molecule has 0 aliphatic rings. The molecule has 0 unspecified atom stereocenters. The van der Waals surface area contributed by atoms with E-state index in [4.69, 9.17) is 0 Å². The molecule has 0 atom stereocenters. The molecule has 3 heterocycles. The topological polar surface area (TPSA) is 77.6 Å². The number of aryl methyl sites for hydroxylation is 2. The van der Waals surface area contributed by atoms with Gasteiger partial charge in [-0.2, -0.15) is 10.2 Å². The quantitative estimate of drug-likeness (QED) is 0.251. The molecule has 0 spiro atoms. The molecular weight excluding hydrogens is 542 g/mol. The lowest BCUT2D eigenvalue weighted by molar-refractivity contribution is -0.116. The summed E-state index contributed by atoms with van der Waals surface area (Å²) in [6, 6.07) is 18.6. The van der Waals surface area contributed by atoms with E-state index in [9.17, 15) is 13.6 Å². The van der Waals surface area contributed by atoms with Crippen molar-refractivity contribution in [2.45, 2.75) is 33.4 Å². The van der Waals surface area contributed by atoms with Gasteiger partial charge < -0.3 is 5.32 Å². The average Bonchev–Trinajstić information content (AvgIpc) is 3.36. The second-order valence-corrected chi connectivity index (χ2v) is 9.62. The maximum absolute atomic E-state index is 14.0. The first-order valence-electron chi connectivity index (χ1n) is 11.6. The van der Waals surface area contributed by atoms with Crippen LogP contribution in [0.3, 0.4) is 0 Å². The summed E-state index contributed by atoms with van der Waals surface area (Å²) in [4.78, 5) is 17.6. The molecule has 37 heavy (non-hydrogen) atoms. The molecule has 1 amide bonds. The highest BCUT2D eigenvalue weighted by Crippen LogP contribution is 2.33. The summed E-state index contributed by atoms with van der Waals surface area (Å²) in [5.41, 5.74) is 3.78. The van der Waals surface area contributed by atoms with Gasteiger partial charge in [0.2, 0.25) is 5.91 Å². The van der Waals surface area contributed by atoms with Crippen LogP contribution < -0.4 is 5.32 Å². The number of hydrogen-bond acceptors (Lipinski definition) is 4. The number of hydrogen-bond donors (Lipinski definition) is 1. The van der Waals surface area contributed by atoms with Crippen molar-refractivity contribution in [1.29, 1.82) is 0 Å². The zero-order valence-electron chi connectivity index (χ0n) is 20.1. The molecule has 0 aliphatic heterocycles. The van der Waals surface area contributed by atoms with Crippen molar-refractivity contribution < 1.29 is 13.6 Å². The van der Waals surface area contributed by atoms with Crippen molar-refractivity contribution in [3.05, 3.63) is 93.7 Å². The van der Waals surface area contributed by atoms with Crippen LogP contribution >= 0.6 is 15.9 Å². The fourth-order valence-corrected chi connectivity index (χ4v) is 4.71. The van der Waals surface area contributed by atoms with Crippen LogP contribution in [0.5, 0.6) is 0 Å². The van der Waals surface area contributed by atoms with Crippen LogP contribution in [0.2, 0.25) is 0 Å². The number of amides is 1. The van der Waals surface area contributed by atoms with Gasteiger partial charge in [-0.1, -0.05) is 60.2 Å². The van der Waals surface area contributed by atoms with E-state index in [1.165, 1.54) is 10.7 Å². The van der Waals surface area contributed by atoms with Gasteiger partial charge in [-0.05, 0) is 41.4 Å². The summed E-state index contributed by atoms with van der Waals surface area (Å²) >= 11 is 3.45. The highest BCUT2D eigenvalue weighted by molar-refractivity contribution is 9.10. The molecule has 1 N–H and O–H groups in total. The second kappa shape index (κ2) is 10.2. The maximum Gasteiger partial charge on any atom is 0.264 e. The van der Waals surface area contributed by atoms with Gasteiger partial charge in [-0.25, -0.2) is 18.4 Å². The van der Waals surface area contributed by atoms with Gasteiger partial charge in [-0.3, -0.25) is 9.48 Å². The molecule has 0 fully saturated rings. The molecule has 7 nitrogen and oxygen atoms in total. The molecule has 0 radical (unpaired) electrons. The molecule has 5 rings (SSSR count). The normalized spacial score (nSPS) is 11.4. The Hall–Kier alpha value is -3.92. The first kappa shape index (κ1) is 24.8. The number of pyridine rings is 1. The summed E-state index contributed by atoms with van der Waals surface area (Å²) in [5.74, 6) is -0.0477. The zero-order valence-corrected chi connectivity index (χ0v) is 21.7. The maximum atomic E-state index is 14.0. The fourth-order valence-electron chi connectivity index (χ4n) is 4.29. The third-order valence-corrected chi connectivity index (χ3v) is 6.49. The van der Waals surface area contributed by atoms with E-state index in [1.54, 1.807) is 29.9 Å². The van der Waals surface area contributed by atoms with E-state index in [0.717, 1.165) is 11.1 Å². The molecule has 5 aromatic rings. The summed E-state index contributed by atoms with van der Waals surface area (Å²) in [7, 11) is 0. The Morgan fingerprint density at radius 2 is 1.84 bits per heavy atom. The Bertz CT molecular complexity index is 1600. The van der Waals surface area contributed by atoms with Crippen LogP contribution in [0.1, 0.15) is 28.8 Å². The minimum Gasteiger partial charge on any atom is -0.307 e. The van der Waals surface area contributed by atoms with E-state index in [1.807, 2.05) is 43.3 Å². The van der Waals surface area contributed by atoms with E-state index in [2.05, 4.69) is 42.5 Å². The van der Waals surface area contributed by atoms with Crippen LogP contribution in [0.4, 0.5) is 14.6 Å². The first-order chi connectivity index (χ1) is 17.8. The monoisotopic (exact) mass is 564 g/mol. The van der Waals surface area contributed by atoms with Crippen LogP contribution in [-0.4, -0.2) is 30.5 Å². The predicted molar refractivity (Wildman–Crippen MR) is 141 cm³/mol. The molecule has 188 valence electrons. The predicted octanol–water partition coefficient (Wildman–Crippen LogP) is 6.30. The molecule has 10 heteroatoms. The minimum absolute atomic E-state index is 0.161. The Labute approximate surface area is 220 Å². The molecule has 0 saturated heterocycles. The average molecular weight is 565 g/mol. The number of rotatable bonds is 7. The smallest absolute Gasteiger partial charge is 0.264 e. The van der Waals surface area contributed by atoms with Gasteiger partial charge in [0.25, 0.3) is 6.43 Å². The SMILES string of the molecule is Cc1cccc(Cn2cc(Br)c(NC(=O)Cn3nc(C)c4c(C(F)F)cc(-c5ccccc5)nc43)n2)c1. The van der Waals surface area contributed by atoms with Gasteiger partial charge in [0, 0.05) is 17.3 Å². The van der Waals surface area contributed by atoms with Crippen LogP contribution in [-0.2, 0) is 17.9 Å². The number of benzene rings is 2.